The van der Waals surface area contributed by atoms with E-state index in [0.29, 0.717) is 22.8 Å². The van der Waals surface area contributed by atoms with E-state index in [9.17, 15) is 4.79 Å². The fraction of sp³-hybridized carbons (Fsp3) is 0. The van der Waals surface area contributed by atoms with Crippen LogP contribution in [0.4, 0.5) is 17.2 Å². The van der Waals surface area contributed by atoms with Gasteiger partial charge < -0.3 is 16.8 Å². The monoisotopic (exact) mass is 285 g/mol. The number of anilines is 3. The van der Waals surface area contributed by atoms with E-state index < -0.39 is 0 Å². The summed E-state index contributed by atoms with van der Waals surface area (Å²) in [5, 5.41) is 3.56. The summed E-state index contributed by atoms with van der Waals surface area (Å²) in [4.78, 5) is 16.0. The normalized spacial score (nSPS) is 10.6. The number of hydrogen-bond donors (Lipinski definition) is 3. The summed E-state index contributed by atoms with van der Waals surface area (Å²) < 4.78 is 5.19. The Labute approximate surface area is 118 Å². The van der Waals surface area contributed by atoms with Gasteiger partial charge in [0.2, 0.25) is 0 Å². The largest absolute Gasteiger partial charge is 0.399 e. The number of nitrogen functional groups attached to an aromatic ring is 2. The Bertz CT molecular complexity index is 798. The molecule has 0 unspecified atom stereocenters. The molecule has 0 spiro atoms. The minimum atomic E-state index is -0.306. The van der Waals surface area contributed by atoms with Gasteiger partial charge in [-0.1, -0.05) is 0 Å². The van der Waals surface area contributed by atoms with Crippen LogP contribution < -0.4 is 16.8 Å². The number of benzene rings is 1. The van der Waals surface area contributed by atoms with E-state index in [1.807, 2.05) is 6.07 Å². The van der Waals surface area contributed by atoms with E-state index >= 15 is 0 Å². The summed E-state index contributed by atoms with van der Waals surface area (Å²) in [6.45, 7) is 0. The SMILES string of the molecule is Nc1cncc(C(=O)Nc2nsc3ccc(N)cc23)c1. The third-order valence-electron chi connectivity index (χ3n) is 2.75. The number of rotatable bonds is 2. The van der Waals surface area contributed by atoms with Gasteiger partial charge in [-0.3, -0.25) is 9.78 Å². The lowest BCUT2D eigenvalue weighted by atomic mass is 10.2. The number of nitrogens with two attached hydrogens (primary N) is 2. The number of pyridine rings is 1. The van der Waals surface area contributed by atoms with Crippen molar-refractivity contribution in [3.8, 4) is 0 Å². The Balaban J connectivity index is 1.93. The molecule has 0 fully saturated rings. The highest BCUT2D eigenvalue weighted by Crippen LogP contribution is 2.28. The molecule has 0 aliphatic rings. The van der Waals surface area contributed by atoms with Crippen molar-refractivity contribution in [1.82, 2.24) is 9.36 Å². The first-order chi connectivity index (χ1) is 9.63. The molecular formula is C13H11N5OS. The summed E-state index contributed by atoms with van der Waals surface area (Å²) in [6.07, 6.45) is 2.93. The second-order valence-electron chi connectivity index (χ2n) is 4.25. The summed E-state index contributed by atoms with van der Waals surface area (Å²) >= 11 is 1.30. The molecule has 0 radical (unpaired) electrons. The van der Waals surface area contributed by atoms with E-state index in [1.54, 1.807) is 18.2 Å². The van der Waals surface area contributed by atoms with Crippen molar-refractivity contribution in [2.45, 2.75) is 0 Å². The molecule has 0 saturated heterocycles. The van der Waals surface area contributed by atoms with Crippen molar-refractivity contribution < 1.29 is 4.79 Å². The minimum absolute atomic E-state index is 0.306. The third kappa shape index (κ3) is 2.26. The molecule has 0 bridgehead atoms. The maximum Gasteiger partial charge on any atom is 0.258 e. The number of amides is 1. The van der Waals surface area contributed by atoms with Gasteiger partial charge in [0, 0.05) is 23.5 Å². The van der Waals surface area contributed by atoms with Gasteiger partial charge in [0.15, 0.2) is 5.82 Å². The molecule has 100 valence electrons. The van der Waals surface area contributed by atoms with Gasteiger partial charge in [-0.25, -0.2) is 0 Å². The van der Waals surface area contributed by atoms with Crippen LogP contribution in [0.1, 0.15) is 10.4 Å². The minimum Gasteiger partial charge on any atom is -0.399 e. The molecule has 5 N–H and O–H groups in total. The first kappa shape index (κ1) is 12.4. The van der Waals surface area contributed by atoms with Crippen molar-refractivity contribution in [1.29, 1.82) is 0 Å². The number of nitrogens with one attached hydrogen (secondary N) is 1. The van der Waals surface area contributed by atoms with Crippen LogP contribution in [0.5, 0.6) is 0 Å². The van der Waals surface area contributed by atoms with Gasteiger partial charge in [-0.15, -0.1) is 0 Å². The van der Waals surface area contributed by atoms with Gasteiger partial charge in [0.1, 0.15) is 0 Å². The number of fused-ring (bicyclic) bond motifs is 1. The quantitative estimate of drug-likeness (QED) is 0.625. The van der Waals surface area contributed by atoms with Crippen LogP contribution in [0.3, 0.4) is 0 Å². The van der Waals surface area contributed by atoms with Crippen molar-refractivity contribution in [2.75, 3.05) is 16.8 Å². The smallest absolute Gasteiger partial charge is 0.258 e. The van der Waals surface area contributed by atoms with E-state index in [1.165, 1.54) is 23.9 Å². The van der Waals surface area contributed by atoms with Gasteiger partial charge in [0.25, 0.3) is 5.91 Å². The lowest BCUT2D eigenvalue weighted by molar-refractivity contribution is 0.102. The van der Waals surface area contributed by atoms with E-state index in [-0.39, 0.29) is 5.91 Å². The second kappa shape index (κ2) is 4.78. The van der Waals surface area contributed by atoms with E-state index in [2.05, 4.69) is 14.7 Å². The summed E-state index contributed by atoms with van der Waals surface area (Å²) in [5.74, 6) is 0.184. The lowest BCUT2D eigenvalue weighted by Gasteiger charge is -2.03. The zero-order chi connectivity index (χ0) is 14.1. The highest BCUT2D eigenvalue weighted by atomic mass is 32.1. The fourth-order valence-corrected chi connectivity index (χ4v) is 2.52. The summed E-state index contributed by atoms with van der Waals surface area (Å²) in [7, 11) is 0. The zero-order valence-electron chi connectivity index (χ0n) is 10.3. The maximum atomic E-state index is 12.1. The number of nitrogens with zero attached hydrogens (tertiary/aromatic N) is 2. The van der Waals surface area contributed by atoms with E-state index in [0.717, 1.165) is 10.1 Å². The van der Waals surface area contributed by atoms with Crippen molar-refractivity contribution in [3.05, 3.63) is 42.2 Å². The molecule has 1 amide bonds. The fourth-order valence-electron chi connectivity index (χ4n) is 1.81. The number of hydrogen-bond acceptors (Lipinski definition) is 6. The molecule has 3 rings (SSSR count). The molecule has 6 nitrogen and oxygen atoms in total. The predicted octanol–water partition coefficient (Wildman–Crippen LogP) is 2.11. The summed E-state index contributed by atoms with van der Waals surface area (Å²) in [6, 6.07) is 7.02. The maximum absolute atomic E-state index is 12.1. The molecule has 0 atom stereocenters. The number of carbonyl (C=O) groups excluding carboxylic acids is 1. The molecule has 3 aromatic rings. The summed E-state index contributed by atoms with van der Waals surface area (Å²) in [5.41, 5.74) is 12.8. The van der Waals surface area contributed by atoms with Crippen molar-refractivity contribution in [2.24, 2.45) is 0 Å². The third-order valence-corrected chi connectivity index (χ3v) is 3.57. The van der Waals surface area contributed by atoms with Gasteiger partial charge in [-0.2, -0.15) is 4.37 Å². The highest BCUT2D eigenvalue weighted by Gasteiger charge is 2.12. The Kier molecular flexibility index (Phi) is 2.96. The lowest BCUT2D eigenvalue weighted by Crippen LogP contribution is -2.13. The van der Waals surface area contributed by atoms with Crippen LogP contribution in [0.15, 0.2) is 36.7 Å². The molecule has 1 aromatic carbocycles. The number of aromatic nitrogens is 2. The topological polar surface area (TPSA) is 107 Å². The molecule has 0 aliphatic carbocycles. The molecule has 0 aliphatic heterocycles. The first-order valence-corrected chi connectivity index (χ1v) is 6.57. The van der Waals surface area contributed by atoms with Crippen LogP contribution in [0, 0.1) is 0 Å². The molecule has 0 saturated carbocycles. The van der Waals surface area contributed by atoms with Crippen LogP contribution >= 0.6 is 11.5 Å². The first-order valence-electron chi connectivity index (χ1n) is 5.80. The molecule has 2 aromatic heterocycles. The number of carbonyl (C=O) groups is 1. The zero-order valence-corrected chi connectivity index (χ0v) is 11.1. The van der Waals surface area contributed by atoms with Gasteiger partial charge >= 0.3 is 0 Å². The van der Waals surface area contributed by atoms with Crippen molar-refractivity contribution >= 4 is 44.7 Å². The van der Waals surface area contributed by atoms with Crippen LogP contribution in [-0.2, 0) is 0 Å². The van der Waals surface area contributed by atoms with E-state index in [4.69, 9.17) is 11.5 Å². The second-order valence-corrected chi connectivity index (χ2v) is 5.05. The van der Waals surface area contributed by atoms with Crippen LogP contribution in [-0.4, -0.2) is 15.3 Å². The average Bonchev–Trinajstić information content (AvgIpc) is 2.81. The van der Waals surface area contributed by atoms with Gasteiger partial charge in [0.05, 0.1) is 16.0 Å². The molecular weight excluding hydrogens is 274 g/mol. The van der Waals surface area contributed by atoms with Crippen molar-refractivity contribution in [3.63, 3.8) is 0 Å². The Morgan fingerprint density at radius 1 is 1.15 bits per heavy atom. The molecule has 7 heteroatoms. The Morgan fingerprint density at radius 2 is 2.00 bits per heavy atom. The van der Waals surface area contributed by atoms with Gasteiger partial charge in [-0.05, 0) is 35.8 Å². The Morgan fingerprint density at radius 3 is 2.80 bits per heavy atom. The predicted molar refractivity (Wildman–Crippen MR) is 80.6 cm³/mol. The molecule has 2 heterocycles. The standard InChI is InChI=1S/C13H11N5OS/c14-8-1-2-11-10(4-8)12(18-20-11)17-13(19)7-3-9(15)6-16-5-7/h1-6H,14-15H2,(H,17,18,19). The van der Waals surface area contributed by atoms with Crippen LogP contribution in [0.25, 0.3) is 10.1 Å². The molecule has 20 heavy (non-hydrogen) atoms. The average molecular weight is 285 g/mol. The highest BCUT2D eigenvalue weighted by molar-refractivity contribution is 7.13. The Hall–Kier alpha value is -2.67. The van der Waals surface area contributed by atoms with Crippen LogP contribution in [0.2, 0.25) is 0 Å².